The van der Waals surface area contributed by atoms with Crippen LogP contribution >= 0.6 is 0 Å². The van der Waals surface area contributed by atoms with Gasteiger partial charge in [-0.25, -0.2) is 0 Å². The minimum atomic E-state index is -0.663. The van der Waals surface area contributed by atoms with E-state index in [2.05, 4.69) is 22.8 Å². The van der Waals surface area contributed by atoms with E-state index in [-0.39, 0.29) is 35.7 Å². The Morgan fingerprint density at radius 2 is 1.88 bits per heavy atom. The molecule has 10 nitrogen and oxygen atoms in total. The van der Waals surface area contributed by atoms with Crippen LogP contribution in [0.1, 0.15) is 78.1 Å². The maximum atomic E-state index is 13.6. The number of benzene rings is 2. The van der Waals surface area contributed by atoms with Gasteiger partial charge in [-0.3, -0.25) is 29.3 Å². The predicted octanol–water partition coefficient (Wildman–Crippen LogP) is 2.32. The monoisotopic (exact) mass is 572 g/mol. The van der Waals surface area contributed by atoms with Gasteiger partial charge in [0.15, 0.2) is 0 Å². The lowest BCUT2D eigenvalue weighted by Crippen LogP contribution is -2.52. The van der Waals surface area contributed by atoms with Gasteiger partial charge in [-0.2, -0.15) is 0 Å². The summed E-state index contributed by atoms with van der Waals surface area (Å²) >= 11 is 0. The first-order chi connectivity index (χ1) is 20.3. The number of carbonyl (C=O) groups excluding carboxylic acids is 5. The molecule has 5 amide bonds. The van der Waals surface area contributed by atoms with Gasteiger partial charge in [0.25, 0.3) is 5.91 Å². The maximum Gasteiger partial charge on any atom is 0.255 e. The highest BCUT2D eigenvalue weighted by Gasteiger charge is 2.44. The maximum absolute atomic E-state index is 13.6. The molecule has 4 aliphatic rings. The molecule has 42 heavy (non-hydrogen) atoms. The summed E-state index contributed by atoms with van der Waals surface area (Å²) < 4.78 is 6.25. The number of ether oxygens (including phenoxy) is 1. The van der Waals surface area contributed by atoms with Crippen molar-refractivity contribution in [3.8, 4) is 0 Å². The van der Waals surface area contributed by atoms with Crippen molar-refractivity contribution in [1.29, 1.82) is 0 Å². The molecule has 220 valence electrons. The summed E-state index contributed by atoms with van der Waals surface area (Å²) in [5, 5.41) is 5.20. The van der Waals surface area contributed by atoms with Gasteiger partial charge in [0.2, 0.25) is 23.6 Å². The van der Waals surface area contributed by atoms with E-state index in [1.807, 2.05) is 29.2 Å². The molecular weight excluding hydrogens is 536 g/mol. The first-order valence-corrected chi connectivity index (χ1v) is 14.8. The fourth-order valence-electron chi connectivity index (χ4n) is 6.99. The average molecular weight is 573 g/mol. The number of fused-ring (bicyclic) bond motifs is 3. The summed E-state index contributed by atoms with van der Waals surface area (Å²) in [6, 6.07) is 12.6. The molecule has 0 bridgehead atoms. The number of likely N-dealkylation sites (tertiary alicyclic amines) is 1. The zero-order valence-electron chi connectivity index (χ0n) is 23.8. The molecule has 2 fully saturated rings. The van der Waals surface area contributed by atoms with Crippen LogP contribution in [0.5, 0.6) is 0 Å². The third-order valence-electron chi connectivity index (χ3n) is 9.19. The third-order valence-corrected chi connectivity index (χ3v) is 9.19. The second kappa shape index (κ2) is 11.3. The first-order valence-electron chi connectivity index (χ1n) is 14.8. The van der Waals surface area contributed by atoms with E-state index >= 15 is 0 Å². The molecule has 4 aliphatic heterocycles. The lowest BCUT2D eigenvalue weighted by molar-refractivity contribution is -0.142. The normalized spacial score (nSPS) is 21.6. The highest BCUT2D eigenvalue weighted by Crippen LogP contribution is 2.44. The predicted molar refractivity (Wildman–Crippen MR) is 152 cm³/mol. The van der Waals surface area contributed by atoms with Crippen molar-refractivity contribution in [2.24, 2.45) is 0 Å². The van der Waals surface area contributed by atoms with Gasteiger partial charge >= 0.3 is 0 Å². The molecule has 2 saturated heterocycles. The quantitative estimate of drug-likeness (QED) is 0.491. The van der Waals surface area contributed by atoms with Gasteiger partial charge in [-0.15, -0.1) is 0 Å². The number of hydrogen-bond acceptors (Lipinski definition) is 6. The van der Waals surface area contributed by atoms with Crippen LogP contribution < -0.4 is 10.6 Å². The summed E-state index contributed by atoms with van der Waals surface area (Å²) in [7, 11) is 0. The van der Waals surface area contributed by atoms with Crippen LogP contribution in [-0.2, 0) is 49.1 Å². The fraction of sp³-hybridized carbons (Fsp3) is 0.469. The Morgan fingerprint density at radius 3 is 2.64 bits per heavy atom. The summed E-state index contributed by atoms with van der Waals surface area (Å²) in [4.78, 5) is 66.2. The molecule has 2 N–H and O–H groups in total. The number of imide groups is 1. The standard InChI is InChI=1S/C32H36N4O6/c1-20(37)33-26(31(41)35-16-14-32(15-17-35)25-10-3-2-6-22(25)19-42-32)11-5-8-21-7-4-9-23-24(21)18-36(30(23)40)27-12-13-28(38)34-29(27)39/h2-4,6-7,9-10,26-27H,5,8,11-19H2,1H3,(H,33,37)(H,34,38,39)/t26-,27?/m0/s1. The molecule has 2 aromatic rings. The molecule has 10 heteroatoms. The molecular formula is C32H36N4O6. The van der Waals surface area contributed by atoms with Crippen molar-refractivity contribution >= 4 is 29.5 Å². The number of rotatable bonds is 7. The van der Waals surface area contributed by atoms with Gasteiger partial charge in [0, 0.05) is 38.5 Å². The van der Waals surface area contributed by atoms with Crippen LogP contribution in [-0.4, -0.2) is 64.5 Å². The minimum absolute atomic E-state index is 0.0798. The van der Waals surface area contributed by atoms with Crippen LogP contribution in [0.3, 0.4) is 0 Å². The van der Waals surface area contributed by atoms with Crippen molar-refractivity contribution in [3.63, 3.8) is 0 Å². The van der Waals surface area contributed by atoms with E-state index in [0.717, 1.165) is 24.0 Å². The summed E-state index contributed by atoms with van der Waals surface area (Å²) in [6.07, 6.45) is 3.68. The Kier molecular flexibility index (Phi) is 7.57. The highest BCUT2D eigenvalue weighted by molar-refractivity contribution is 6.05. The third kappa shape index (κ3) is 5.19. The van der Waals surface area contributed by atoms with Gasteiger partial charge in [0.1, 0.15) is 12.1 Å². The fourth-order valence-corrected chi connectivity index (χ4v) is 6.99. The van der Waals surface area contributed by atoms with Crippen molar-refractivity contribution < 1.29 is 28.7 Å². The van der Waals surface area contributed by atoms with E-state index in [4.69, 9.17) is 4.74 Å². The van der Waals surface area contributed by atoms with Gasteiger partial charge in [0.05, 0.1) is 12.2 Å². The van der Waals surface area contributed by atoms with Crippen molar-refractivity contribution in [2.75, 3.05) is 13.1 Å². The van der Waals surface area contributed by atoms with Crippen LogP contribution in [0.2, 0.25) is 0 Å². The summed E-state index contributed by atoms with van der Waals surface area (Å²) in [5.41, 5.74) is 4.53. The zero-order valence-corrected chi connectivity index (χ0v) is 23.8. The molecule has 1 unspecified atom stereocenters. The van der Waals surface area contributed by atoms with E-state index in [0.29, 0.717) is 57.5 Å². The molecule has 1 spiro atoms. The zero-order chi connectivity index (χ0) is 29.4. The first kappa shape index (κ1) is 28.1. The average Bonchev–Trinajstić information content (AvgIpc) is 3.50. The highest BCUT2D eigenvalue weighted by atomic mass is 16.5. The number of carbonyl (C=O) groups is 5. The Labute approximate surface area is 244 Å². The molecule has 0 radical (unpaired) electrons. The summed E-state index contributed by atoms with van der Waals surface area (Å²) in [6.45, 7) is 3.46. The van der Waals surface area contributed by atoms with Crippen LogP contribution in [0.4, 0.5) is 0 Å². The molecule has 2 atom stereocenters. The van der Waals surface area contributed by atoms with Crippen molar-refractivity contribution in [3.05, 3.63) is 70.3 Å². The van der Waals surface area contributed by atoms with E-state index in [9.17, 15) is 24.0 Å². The Bertz CT molecular complexity index is 1450. The smallest absolute Gasteiger partial charge is 0.255 e. The Hall–Kier alpha value is -4.05. The number of amides is 5. The largest absolute Gasteiger partial charge is 0.365 e. The molecule has 0 saturated carbocycles. The van der Waals surface area contributed by atoms with Gasteiger partial charge in [-0.05, 0) is 66.8 Å². The molecule has 2 aromatic carbocycles. The molecule has 6 rings (SSSR count). The lowest BCUT2D eigenvalue weighted by atomic mass is 9.83. The number of nitrogens with one attached hydrogen (secondary N) is 2. The molecule has 4 heterocycles. The molecule has 0 aliphatic carbocycles. The van der Waals surface area contributed by atoms with Crippen LogP contribution in [0, 0.1) is 0 Å². The van der Waals surface area contributed by atoms with Gasteiger partial charge < -0.3 is 19.9 Å². The Balaban J connectivity index is 1.08. The number of nitrogens with zero attached hydrogens (tertiary/aromatic N) is 2. The SMILES string of the molecule is CC(=O)N[C@@H](CCCc1cccc2c1CN(C1CCC(=O)NC1=O)C2=O)C(=O)N1CCC2(CC1)OCc1ccccc12. The molecule has 0 aromatic heterocycles. The van der Waals surface area contributed by atoms with Crippen LogP contribution in [0.15, 0.2) is 42.5 Å². The number of aryl methyl sites for hydroxylation is 1. The lowest BCUT2D eigenvalue weighted by Gasteiger charge is -2.40. The van der Waals surface area contributed by atoms with Crippen molar-refractivity contribution in [2.45, 2.75) is 82.7 Å². The number of piperidine rings is 2. The van der Waals surface area contributed by atoms with E-state index in [1.165, 1.54) is 18.1 Å². The van der Waals surface area contributed by atoms with E-state index < -0.39 is 18.0 Å². The topological polar surface area (TPSA) is 125 Å². The second-order valence-corrected chi connectivity index (χ2v) is 11.8. The summed E-state index contributed by atoms with van der Waals surface area (Å²) in [5.74, 6) is -1.28. The number of hydrogen-bond donors (Lipinski definition) is 2. The second-order valence-electron chi connectivity index (χ2n) is 11.8. The van der Waals surface area contributed by atoms with Gasteiger partial charge in [-0.1, -0.05) is 36.4 Å². The minimum Gasteiger partial charge on any atom is -0.365 e. The van der Waals surface area contributed by atoms with Crippen molar-refractivity contribution in [1.82, 2.24) is 20.4 Å². The Morgan fingerprint density at radius 1 is 1.10 bits per heavy atom. The van der Waals surface area contributed by atoms with Crippen LogP contribution in [0.25, 0.3) is 0 Å². The van der Waals surface area contributed by atoms with E-state index in [1.54, 1.807) is 11.0 Å².